The lowest BCUT2D eigenvalue weighted by Gasteiger charge is -2.46. The van der Waals surface area contributed by atoms with Crippen LogP contribution in [-0.2, 0) is 9.53 Å². The van der Waals surface area contributed by atoms with E-state index >= 15 is 0 Å². The monoisotopic (exact) mass is 326 g/mol. The van der Waals surface area contributed by atoms with Gasteiger partial charge in [-0.25, -0.2) is 0 Å². The van der Waals surface area contributed by atoms with Crippen LogP contribution in [0.5, 0.6) is 0 Å². The Hall–Kier alpha value is -1.10. The molecule has 22 heavy (non-hydrogen) atoms. The Kier molecular flexibility index (Phi) is 6.85. The lowest BCUT2D eigenvalue weighted by Crippen LogP contribution is -2.58. The maximum atomic E-state index is 12.7. The van der Waals surface area contributed by atoms with E-state index in [1.165, 1.54) is 0 Å². The van der Waals surface area contributed by atoms with E-state index < -0.39 is 0 Å². The highest BCUT2D eigenvalue weighted by molar-refractivity contribution is 5.85. The van der Waals surface area contributed by atoms with Crippen LogP contribution >= 0.6 is 12.4 Å². The number of hydrogen-bond donors (Lipinski definition) is 1. The van der Waals surface area contributed by atoms with Gasteiger partial charge in [-0.1, -0.05) is 37.3 Å². The van der Waals surface area contributed by atoms with Crippen LogP contribution in [0, 0.1) is 5.92 Å². The van der Waals surface area contributed by atoms with Crippen molar-refractivity contribution in [2.24, 2.45) is 5.92 Å². The fraction of sp³-hybridized carbons (Fsp3) is 0.588. The van der Waals surface area contributed by atoms with Gasteiger partial charge in [0.25, 0.3) is 0 Å². The lowest BCUT2D eigenvalue weighted by atomic mass is 9.96. The average Bonchev–Trinajstić information content (AvgIpc) is 2.47. The number of carbonyl (C=O) groups excluding carboxylic acids is 1. The number of nitrogens with one attached hydrogen (secondary N) is 1. The third-order valence-corrected chi connectivity index (χ3v) is 4.09. The van der Waals surface area contributed by atoms with Crippen LogP contribution in [0.3, 0.4) is 0 Å². The highest BCUT2D eigenvalue weighted by Gasteiger charge is 2.39. The standard InChI is InChI=1S/C17H26N2O2.ClH/c1-13(10-18-4)16(20)19-11-15(21-12-17(19,2)3)14-8-6-5-7-9-14;/h5-9,13,15,18H,10-12H2,1-4H3;1H. The number of hydrogen-bond acceptors (Lipinski definition) is 3. The van der Waals surface area contributed by atoms with Crippen molar-refractivity contribution in [3.8, 4) is 0 Å². The summed E-state index contributed by atoms with van der Waals surface area (Å²) >= 11 is 0. The van der Waals surface area contributed by atoms with Gasteiger partial charge in [0.1, 0.15) is 6.10 Å². The maximum absolute atomic E-state index is 12.7. The van der Waals surface area contributed by atoms with Gasteiger partial charge in [0.2, 0.25) is 5.91 Å². The van der Waals surface area contributed by atoms with E-state index in [9.17, 15) is 4.79 Å². The van der Waals surface area contributed by atoms with Gasteiger partial charge in [-0.05, 0) is 26.5 Å². The molecule has 1 fully saturated rings. The molecule has 1 N–H and O–H groups in total. The minimum absolute atomic E-state index is 0. The topological polar surface area (TPSA) is 41.6 Å². The van der Waals surface area contributed by atoms with Gasteiger partial charge in [-0.15, -0.1) is 12.4 Å². The van der Waals surface area contributed by atoms with Crippen LogP contribution in [-0.4, -0.2) is 43.1 Å². The molecule has 2 atom stereocenters. The highest BCUT2D eigenvalue weighted by atomic mass is 35.5. The second-order valence-electron chi connectivity index (χ2n) is 6.43. The molecule has 0 bridgehead atoms. The number of carbonyl (C=O) groups is 1. The first-order valence-corrected chi connectivity index (χ1v) is 7.58. The van der Waals surface area contributed by atoms with Gasteiger partial charge in [0.15, 0.2) is 0 Å². The molecule has 1 saturated heterocycles. The Morgan fingerprint density at radius 3 is 2.64 bits per heavy atom. The zero-order valence-corrected chi connectivity index (χ0v) is 14.7. The molecule has 0 saturated carbocycles. The second-order valence-corrected chi connectivity index (χ2v) is 6.43. The molecule has 1 heterocycles. The Labute approximate surface area is 139 Å². The molecular formula is C17H27ClN2O2. The van der Waals surface area contributed by atoms with Crippen LogP contribution in [0.2, 0.25) is 0 Å². The predicted octanol–water partition coefficient (Wildman–Crippen LogP) is 2.64. The zero-order valence-electron chi connectivity index (χ0n) is 13.8. The summed E-state index contributed by atoms with van der Waals surface area (Å²) in [5, 5.41) is 3.08. The van der Waals surface area contributed by atoms with Crippen molar-refractivity contribution in [2.45, 2.75) is 32.4 Å². The third-order valence-electron chi connectivity index (χ3n) is 4.09. The van der Waals surface area contributed by atoms with Gasteiger partial charge in [-0.3, -0.25) is 4.79 Å². The third kappa shape index (κ3) is 4.22. The van der Waals surface area contributed by atoms with Crippen LogP contribution in [0.4, 0.5) is 0 Å². The predicted molar refractivity (Wildman–Crippen MR) is 91.3 cm³/mol. The van der Waals surface area contributed by atoms with Gasteiger partial charge >= 0.3 is 0 Å². The van der Waals surface area contributed by atoms with Gasteiger partial charge < -0.3 is 15.0 Å². The Morgan fingerprint density at radius 2 is 2.05 bits per heavy atom. The Balaban J connectivity index is 0.00000242. The van der Waals surface area contributed by atoms with E-state index in [1.807, 2.05) is 37.1 Å². The molecule has 2 rings (SSSR count). The first-order valence-electron chi connectivity index (χ1n) is 7.58. The molecule has 1 aromatic carbocycles. The van der Waals surface area contributed by atoms with E-state index in [-0.39, 0.29) is 35.9 Å². The van der Waals surface area contributed by atoms with Crippen molar-refractivity contribution in [1.82, 2.24) is 10.2 Å². The summed E-state index contributed by atoms with van der Waals surface area (Å²) < 4.78 is 5.99. The molecule has 1 aromatic rings. The van der Waals surface area contributed by atoms with Gasteiger partial charge in [0.05, 0.1) is 18.7 Å². The molecule has 1 aliphatic rings. The summed E-state index contributed by atoms with van der Waals surface area (Å²) in [6.45, 7) is 7.98. The minimum atomic E-state index is -0.260. The number of rotatable bonds is 4. The van der Waals surface area contributed by atoms with Crippen molar-refractivity contribution in [3.05, 3.63) is 35.9 Å². The summed E-state index contributed by atoms with van der Waals surface area (Å²) in [6, 6.07) is 10.1. The average molecular weight is 327 g/mol. The van der Waals surface area contributed by atoms with Crippen LogP contribution in [0.1, 0.15) is 32.4 Å². The smallest absolute Gasteiger partial charge is 0.227 e. The quantitative estimate of drug-likeness (QED) is 0.925. The van der Waals surface area contributed by atoms with Crippen molar-refractivity contribution in [2.75, 3.05) is 26.7 Å². The fourth-order valence-corrected chi connectivity index (χ4v) is 2.77. The molecule has 5 heteroatoms. The van der Waals surface area contributed by atoms with Crippen LogP contribution < -0.4 is 5.32 Å². The van der Waals surface area contributed by atoms with E-state index in [4.69, 9.17) is 4.74 Å². The van der Waals surface area contributed by atoms with Gasteiger partial charge in [-0.2, -0.15) is 0 Å². The molecule has 0 aromatic heterocycles. The first-order chi connectivity index (χ1) is 9.95. The number of benzene rings is 1. The zero-order chi connectivity index (χ0) is 15.5. The number of halogens is 1. The Bertz CT molecular complexity index is 479. The van der Waals surface area contributed by atoms with Crippen LogP contribution in [0.15, 0.2) is 30.3 Å². The summed E-state index contributed by atoms with van der Waals surface area (Å²) in [4.78, 5) is 14.7. The van der Waals surface area contributed by atoms with Crippen molar-refractivity contribution < 1.29 is 9.53 Å². The SMILES string of the molecule is CNCC(C)C(=O)N1CC(c2ccccc2)OCC1(C)C.Cl. The molecule has 124 valence electrons. The molecule has 0 spiro atoms. The first kappa shape index (κ1) is 18.9. The maximum Gasteiger partial charge on any atom is 0.227 e. The molecule has 1 amide bonds. The summed E-state index contributed by atoms with van der Waals surface area (Å²) in [5.74, 6) is 0.169. The summed E-state index contributed by atoms with van der Waals surface area (Å²) in [6.07, 6.45) is -0.0371. The summed E-state index contributed by atoms with van der Waals surface area (Å²) in [5.41, 5.74) is 0.872. The lowest BCUT2D eigenvalue weighted by molar-refractivity contribution is -0.158. The molecule has 4 nitrogen and oxygen atoms in total. The molecular weight excluding hydrogens is 300 g/mol. The van der Waals surface area contributed by atoms with Crippen molar-refractivity contribution in [1.29, 1.82) is 0 Å². The Morgan fingerprint density at radius 1 is 1.41 bits per heavy atom. The number of morpholine rings is 1. The van der Waals surface area contributed by atoms with E-state index in [2.05, 4.69) is 31.3 Å². The minimum Gasteiger partial charge on any atom is -0.369 e. The molecule has 0 radical (unpaired) electrons. The van der Waals surface area contributed by atoms with Crippen molar-refractivity contribution in [3.63, 3.8) is 0 Å². The number of ether oxygens (including phenoxy) is 1. The molecule has 0 aliphatic carbocycles. The largest absolute Gasteiger partial charge is 0.369 e. The number of nitrogens with zero attached hydrogens (tertiary/aromatic N) is 1. The van der Waals surface area contributed by atoms with E-state index in [0.717, 1.165) is 5.56 Å². The summed E-state index contributed by atoms with van der Waals surface area (Å²) in [7, 11) is 1.88. The van der Waals surface area contributed by atoms with Gasteiger partial charge in [0, 0.05) is 12.5 Å². The van der Waals surface area contributed by atoms with E-state index in [1.54, 1.807) is 0 Å². The molecule has 2 unspecified atom stereocenters. The van der Waals surface area contributed by atoms with E-state index in [0.29, 0.717) is 19.7 Å². The van der Waals surface area contributed by atoms with Crippen molar-refractivity contribution >= 4 is 18.3 Å². The fourth-order valence-electron chi connectivity index (χ4n) is 2.77. The number of amides is 1. The normalized spacial score (nSPS) is 21.8. The highest BCUT2D eigenvalue weighted by Crippen LogP contribution is 2.31. The second kappa shape index (κ2) is 7.95. The molecule has 1 aliphatic heterocycles. The van der Waals surface area contributed by atoms with Crippen LogP contribution in [0.25, 0.3) is 0 Å².